The molecule has 1 atom stereocenters. The molecule has 5 nitrogen and oxygen atoms in total. The lowest BCUT2D eigenvalue weighted by Crippen LogP contribution is -2.40. The van der Waals surface area contributed by atoms with E-state index in [4.69, 9.17) is 16.3 Å². The molecule has 0 bridgehead atoms. The van der Waals surface area contributed by atoms with Gasteiger partial charge in [0.1, 0.15) is 5.75 Å². The van der Waals surface area contributed by atoms with Crippen LogP contribution in [0.2, 0.25) is 5.02 Å². The van der Waals surface area contributed by atoms with Crippen molar-refractivity contribution in [3.8, 4) is 5.75 Å². The quantitative estimate of drug-likeness (QED) is 0.292. The van der Waals surface area contributed by atoms with Gasteiger partial charge in [0.25, 0.3) is 0 Å². The number of likely N-dealkylation sites (tertiary alicyclic amines) is 1. The smallest absolute Gasteiger partial charge is 0.194 e. The maximum absolute atomic E-state index is 9.64. The second-order valence-corrected chi connectivity index (χ2v) is 6.17. The highest BCUT2D eigenvalue weighted by Gasteiger charge is 2.22. The minimum absolute atomic E-state index is 0. The molecule has 0 spiro atoms. The van der Waals surface area contributed by atoms with Gasteiger partial charge in [0.2, 0.25) is 0 Å². The van der Waals surface area contributed by atoms with Crippen LogP contribution in [-0.4, -0.2) is 54.9 Å². The fraction of sp³-hybridized carbons (Fsp3) is 0.588. The third-order valence-corrected chi connectivity index (χ3v) is 3.99. The Morgan fingerprint density at radius 3 is 2.92 bits per heavy atom. The highest BCUT2D eigenvalue weighted by atomic mass is 127. The van der Waals surface area contributed by atoms with Gasteiger partial charge in [-0.3, -0.25) is 4.99 Å². The molecule has 0 saturated carbocycles. The summed E-state index contributed by atoms with van der Waals surface area (Å²) in [7, 11) is 0. The fourth-order valence-electron chi connectivity index (χ4n) is 2.57. The minimum atomic E-state index is -0.241. The monoisotopic (exact) mass is 467 g/mol. The summed E-state index contributed by atoms with van der Waals surface area (Å²) in [6.45, 7) is 7.69. The molecule has 136 valence electrons. The van der Waals surface area contributed by atoms with Crippen LogP contribution in [0.15, 0.2) is 23.2 Å². The number of aliphatic imine (C=N–C) groups is 1. The highest BCUT2D eigenvalue weighted by Crippen LogP contribution is 2.21. The number of guanidine groups is 1. The molecule has 1 aliphatic heterocycles. The standard InChI is InChI=1S/C17H26ClN3O2.HI/c1-3-19-17(21-9-7-15(22)12-21)20-8-4-10-23-16-6-5-14(18)11-13(16)2;/h5-6,11,15,22H,3-4,7-10,12H2,1-2H3,(H,19,20);1H/t15-;/m1./s1. The topological polar surface area (TPSA) is 57.1 Å². The summed E-state index contributed by atoms with van der Waals surface area (Å²) < 4.78 is 5.77. The molecule has 0 aliphatic carbocycles. The van der Waals surface area contributed by atoms with Gasteiger partial charge in [-0.25, -0.2) is 0 Å². The van der Waals surface area contributed by atoms with E-state index >= 15 is 0 Å². The summed E-state index contributed by atoms with van der Waals surface area (Å²) in [6.07, 6.45) is 1.41. The van der Waals surface area contributed by atoms with Crippen molar-refractivity contribution in [2.24, 2.45) is 4.99 Å². The van der Waals surface area contributed by atoms with Gasteiger partial charge >= 0.3 is 0 Å². The molecule has 1 fully saturated rings. The molecule has 1 saturated heterocycles. The summed E-state index contributed by atoms with van der Waals surface area (Å²) in [6, 6.07) is 5.64. The SMILES string of the molecule is CCNC(=NCCCOc1ccc(Cl)cc1C)N1CC[C@@H](O)C1.I. The first kappa shape index (κ1) is 21.3. The number of rotatable bonds is 6. The third kappa shape index (κ3) is 6.64. The van der Waals surface area contributed by atoms with Crippen LogP contribution in [-0.2, 0) is 0 Å². The van der Waals surface area contributed by atoms with Crippen LogP contribution in [0.4, 0.5) is 0 Å². The molecular weight excluding hydrogens is 441 g/mol. The lowest BCUT2D eigenvalue weighted by molar-refractivity contribution is 0.187. The van der Waals surface area contributed by atoms with Gasteiger partial charge in [0, 0.05) is 37.6 Å². The number of halogens is 2. The number of nitrogens with one attached hydrogen (secondary N) is 1. The molecule has 0 radical (unpaired) electrons. The second-order valence-electron chi connectivity index (χ2n) is 5.74. The number of aliphatic hydroxyl groups is 1. The molecule has 0 aromatic heterocycles. The van der Waals surface area contributed by atoms with E-state index in [9.17, 15) is 5.11 Å². The van der Waals surface area contributed by atoms with Gasteiger partial charge in [-0.2, -0.15) is 0 Å². The van der Waals surface area contributed by atoms with Gasteiger partial charge in [0.05, 0.1) is 12.7 Å². The van der Waals surface area contributed by atoms with Crippen molar-refractivity contribution in [2.75, 3.05) is 32.8 Å². The van der Waals surface area contributed by atoms with Crippen molar-refractivity contribution in [3.05, 3.63) is 28.8 Å². The first-order valence-corrected chi connectivity index (χ1v) is 8.58. The number of nitrogens with zero attached hydrogens (tertiary/aromatic N) is 2. The summed E-state index contributed by atoms with van der Waals surface area (Å²) in [4.78, 5) is 6.73. The molecule has 2 N–H and O–H groups in total. The third-order valence-electron chi connectivity index (χ3n) is 3.76. The Morgan fingerprint density at radius 1 is 1.50 bits per heavy atom. The Bertz CT molecular complexity index is 543. The predicted octanol–water partition coefficient (Wildman–Crippen LogP) is 3.07. The number of hydrogen-bond donors (Lipinski definition) is 2. The van der Waals surface area contributed by atoms with Crippen LogP contribution >= 0.6 is 35.6 Å². The van der Waals surface area contributed by atoms with Gasteiger partial charge in [-0.05, 0) is 44.0 Å². The molecule has 1 heterocycles. The number of ether oxygens (including phenoxy) is 1. The van der Waals surface area contributed by atoms with Crippen molar-refractivity contribution in [3.63, 3.8) is 0 Å². The summed E-state index contributed by atoms with van der Waals surface area (Å²) >= 11 is 5.93. The van der Waals surface area contributed by atoms with Crippen LogP contribution in [0.5, 0.6) is 5.75 Å². The average Bonchev–Trinajstić information content (AvgIpc) is 2.94. The normalized spacial score (nSPS) is 17.6. The van der Waals surface area contributed by atoms with E-state index in [-0.39, 0.29) is 30.1 Å². The van der Waals surface area contributed by atoms with Crippen molar-refractivity contribution in [1.29, 1.82) is 0 Å². The maximum Gasteiger partial charge on any atom is 0.194 e. The van der Waals surface area contributed by atoms with Crippen molar-refractivity contribution in [2.45, 2.75) is 32.8 Å². The predicted molar refractivity (Wildman–Crippen MR) is 110 cm³/mol. The lowest BCUT2D eigenvalue weighted by atomic mass is 10.2. The van der Waals surface area contributed by atoms with E-state index in [2.05, 4.69) is 22.1 Å². The molecule has 0 amide bonds. The van der Waals surface area contributed by atoms with Crippen LogP contribution in [0.1, 0.15) is 25.3 Å². The van der Waals surface area contributed by atoms with Crippen LogP contribution in [0.3, 0.4) is 0 Å². The molecule has 0 unspecified atom stereocenters. The first-order chi connectivity index (χ1) is 11.1. The molecule has 1 aliphatic rings. The largest absolute Gasteiger partial charge is 0.493 e. The zero-order valence-electron chi connectivity index (χ0n) is 14.3. The number of aryl methyl sites for hydroxylation is 1. The van der Waals surface area contributed by atoms with E-state index in [1.807, 2.05) is 25.1 Å². The number of hydrogen-bond acceptors (Lipinski definition) is 3. The van der Waals surface area contributed by atoms with Crippen LogP contribution in [0, 0.1) is 6.92 Å². The van der Waals surface area contributed by atoms with Gasteiger partial charge in [0.15, 0.2) is 5.96 Å². The van der Waals surface area contributed by atoms with Crippen molar-refractivity contribution < 1.29 is 9.84 Å². The number of aliphatic hydroxyl groups excluding tert-OH is 1. The first-order valence-electron chi connectivity index (χ1n) is 8.20. The van der Waals surface area contributed by atoms with Gasteiger partial charge in [-0.15, -0.1) is 24.0 Å². The van der Waals surface area contributed by atoms with E-state index in [0.29, 0.717) is 19.7 Å². The maximum atomic E-state index is 9.64. The molecule has 1 aromatic rings. The molecule has 24 heavy (non-hydrogen) atoms. The van der Waals surface area contributed by atoms with Crippen LogP contribution in [0.25, 0.3) is 0 Å². The highest BCUT2D eigenvalue weighted by molar-refractivity contribution is 14.0. The Hall–Kier alpha value is -0.730. The zero-order chi connectivity index (χ0) is 16.7. The van der Waals surface area contributed by atoms with E-state index < -0.39 is 0 Å². The number of β-amino-alcohol motifs (C(OH)–C–C–N with tert-alkyl or cyclic N) is 1. The van der Waals surface area contributed by atoms with E-state index in [1.165, 1.54) is 0 Å². The number of benzene rings is 1. The van der Waals surface area contributed by atoms with E-state index in [1.54, 1.807) is 0 Å². The second kappa shape index (κ2) is 11.0. The molecule has 7 heteroatoms. The Kier molecular flexibility index (Phi) is 9.76. The summed E-state index contributed by atoms with van der Waals surface area (Å²) in [5.41, 5.74) is 1.04. The summed E-state index contributed by atoms with van der Waals surface area (Å²) in [5, 5.41) is 13.6. The molecule has 1 aromatic carbocycles. The fourth-order valence-corrected chi connectivity index (χ4v) is 2.79. The Morgan fingerprint density at radius 2 is 2.29 bits per heavy atom. The Balaban J connectivity index is 0.00000288. The van der Waals surface area contributed by atoms with Crippen LogP contribution < -0.4 is 10.1 Å². The van der Waals surface area contributed by atoms with Gasteiger partial charge in [-0.1, -0.05) is 11.6 Å². The summed E-state index contributed by atoms with van der Waals surface area (Å²) in [5.74, 6) is 1.75. The van der Waals surface area contributed by atoms with Crippen molar-refractivity contribution in [1.82, 2.24) is 10.2 Å². The molecule has 2 rings (SSSR count). The minimum Gasteiger partial charge on any atom is -0.493 e. The van der Waals surface area contributed by atoms with Gasteiger partial charge < -0.3 is 20.1 Å². The van der Waals surface area contributed by atoms with Crippen molar-refractivity contribution >= 4 is 41.5 Å². The zero-order valence-corrected chi connectivity index (χ0v) is 17.4. The molecular formula is C17H27ClIN3O2. The Labute approximate surface area is 166 Å². The van der Waals surface area contributed by atoms with E-state index in [0.717, 1.165) is 48.2 Å². The average molecular weight is 468 g/mol. The lowest BCUT2D eigenvalue weighted by Gasteiger charge is -2.20.